The molecular weight excluding hydrogens is 411 g/mol. The first-order valence-corrected chi connectivity index (χ1v) is 9.54. The summed E-state index contributed by atoms with van der Waals surface area (Å²) in [6.07, 6.45) is -2.50. The van der Waals surface area contributed by atoms with Crippen molar-refractivity contribution in [1.29, 1.82) is 0 Å². The van der Waals surface area contributed by atoms with E-state index >= 15 is 0 Å². The van der Waals surface area contributed by atoms with Crippen molar-refractivity contribution in [2.24, 2.45) is 0 Å². The Hall–Kier alpha value is -3.49. The molecule has 0 bridgehead atoms. The molecular formula is C22H22F3N3O3. The minimum atomic E-state index is -4.48. The molecule has 6 nitrogen and oxygen atoms in total. The van der Waals surface area contributed by atoms with Gasteiger partial charge in [0.1, 0.15) is 5.75 Å². The molecule has 1 amide bonds. The van der Waals surface area contributed by atoms with Crippen LogP contribution < -0.4 is 9.47 Å². The molecule has 0 aliphatic rings. The Bertz CT molecular complexity index is 1020. The Labute approximate surface area is 177 Å². The second kappa shape index (κ2) is 9.55. The maximum Gasteiger partial charge on any atom is 0.416 e. The molecule has 0 saturated carbocycles. The lowest BCUT2D eigenvalue weighted by molar-refractivity contribution is -0.137. The van der Waals surface area contributed by atoms with Gasteiger partial charge >= 0.3 is 6.18 Å². The topological polar surface area (TPSA) is 56.6 Å². The van der Waals surface area contributed by atoms with Gasteiger partial charge < -0.3 is 14.4 Å². The van der Waals surface area contributed by atoms with E-state index in [1.54, 1.807) is 7.05 Å². The van der Waals surface area contributed by atoms with E-state index in [1.165, 1.54) is 35.0 Å². The predicted molar refractivity (Wildman–Crippen MR) is 109 cm³/mol. The fourth-order valence-electron chi connectivity index (χ4n) is 2.90. The van der Waals surface area contributed by atoms with Crippen LogP contribution in [0.2, 0.25) is 0 Å². The molecule has 0 radical (unpaired) electrons. The van der Waals surface area contributed by atoms with Gasteiger partial charge in [-0.2, -0.15) is 18.3 Å². The van der Waals surface area contributed by atoms with Crippen molar-refractivity contribution in [3.05, 3.63) is 72.1 Å². The summed E-state index contributed by atoms with van der Waals surface area (Å²) in [4.78, 5) is 14.3. The molecule has 0 aliphatic heterocycles. The fourth-order valence-corrected chi connectivity index (χ4v) is 2.90. The number of methoxy groups -OCH3 is 1. The number of benzene rings is 2. The maximum absolute atomic E-state index is 13.0. The zero-order valence-electron chi connectivity index (χ0n) is 17.1. The van der Waals surface area contributed by atoms with Gasteiger partial charge in [0.05, 0.1) is 31.2 Å². The lowest BCUT2D eigenvalue weighted by Crippen LogP contribution is -2.29. The lowest BCUT2D eigenvalue weighted by Gasteiger charge is -2.16. The SMILES string of the molecule is COc1cn(-c2cccc(C(F)(F)F)c2)nc1C(=O)N(C)CCCOc1ccccc1. The van der Waals surface area contributed by atoms with Crippen molar-refractivity contribution in [3.63, 3.8) is 0 Å². The molecule has 3 rings (SSSR count). The van der Waals surface area contributed by atoms with Crippen LogP contribution in [-0.4, -0.2) is 47.9 Å². The Balaban J connectivity index is 1.68. The number of rotatable bonds is 8. The number of alkyl halides is 3. The van der Waals surface area contributed by atoms with Crippen molar-refractivity contribution in [2.75, 3.05) is 27.3 Å². The van der Waals surface area contributed by atoms with Crippen LogP contribution in [0, 0.1) is 0 Å². The van der Waals surface area contributed by atoms with Gasteiger partial charge in [-0.1, -0.05) is 24.3 Å². The molecule has 1 heterocycles. The second-order valence-electron chi connectivity index (χ2n) is 6.78. The van der Waals surface area contributed by atoms with E-state index < -0.39 is 17.6 Å². The van der Waals surface area contributed by atoms with Crippen molar-refractivity contribution in [2.45, 2.75) is 12.6 Å². The van der Waals surface area contributed by atoms with E-state index in [-0.39, 0.29) is 17.1 Å². The van der Waals surface area contributed by atoms with Crippen molar-refractivity contribution < 1.29 is 27.4 Å². The van der Waals surface area contributed by atoms with E-state index in [1.807, 2.05) is 30.3 Å². The molecule has 164 valence electrons. The molecule has 0 saturated heterocycles. The fraction of sp³-hybridized carbons (Fsp3) is 0.273. The van der Waals surface area contributed by atoms with Crippen molar-refractivity contribution in [1.82, 2.24) is 14.7 Å². The first-order chi connectivity index (χ1) is 14.8. The molecule has 2 aromatic carbocycles. The monoisotopic (exact) mass is 433 g/mol. The third-order valence-corrected chi connectivity index (χ3v) is 4.54. The minimum absolute atomic E-state index is 0.0198. The molecule has 31 heavy (non-hydrogen) atoms. The molecule has 0 unspecified atom stereocenters. The standard InChI is InChI=1S/C22H22F3N3O3/c1-27(12-7-13-31-18-10-4-3-5-11-18)21(29)20-19(30-2)15-28(26-20)17-9-6-8-16(14-17)22(23,24)25/h3-6,8-11,14-15H,7,12-13H2,1-2H3. The van der Waals surface area contributed by atoms with E-state index in [9.17, 15) is 18.0 Å². The maximum atomic E-state index is 13.0. The largest absolute Gasteiger partial charge is 0.494 e. The van der Waals surface area contributed by atoms with Crippen LogP contribution in [0.15, 0.2) is 60.8 Å². The molecule has 3 aromatic rings. The summed E-state index contributed by atoms with van der Waals surface area (Å²) in [5, 5.41) is 4.17. The van der Waals surface area contributed by atoms with E-state index in [4.69, 9.17) is 9.47 Å². The van der Waals surface area contributed by atoms with Crippen LogP contribution in [0.4, 0.5) is 13.2 Å². The van der Waals surface area contributed by atoms with Gasteiger partial charge in [0.15, 0.2) is 11.4 Å². The Morgan fingerprint density at radius 2 is 1.87 bits per heavy atom. The van der Waals surface area contributed by atoms with Crippen LogP contribution >= 0.6 is 0 Å². The number of para-hydroxylation sites is 1. The quantitative estimate of drug-likeness (QED) is 0.493. The third-order valence-electron chi connectivity index (χ3n) is 4.54. The number of amides is 1. The summed E-state index contributed by atoms with van der Waals surface area (Å²) < 4.78 is 51.0. The van der Waals surface area contributed by atoms with Crippen LogP contribution in [0.5, 0.6) is 11.5 Å². The Morgan fingerprint density at radius 1 is 1.13 bits per heavy atom. The minimum Gasteiger partial charge on any atom is -0.494 e. The highest BCUT2D eigenvalue weighted by molar-refractivity contribution is 5.94. The van der Waals surface area contributed by atoms with E-state index in [0.29, 0.717) is 19.6 Å². The number of hydrogen-bond donors (Lipinski definition) is 0. The summed E-state index contributed by atoms with van der Waals surface area (Å²) in [6, 6.07) is 14.0. The van der Waals surface area contributed by atoms with Crippen LogP contribution in [0.3, 0.4) is 0 Å². The average molecular weight is 433 g/mol. The smallest absolute Gasteiger partial charge is 0.416 e. The van der Waals surface area contributed by atoms with Gasteiger partial charge in [0.2, 0.25) is 0 Å². The van der Waals surface area contributed by atoms with E-state index in [0.717, 1.165) is 17.9 Å². The van der Waals surface area contributed by atoms with E-state index in [2.05, 4.69) is 5.10 Å². The predicted octanol–water partition coefficient (Wildman–Crippen LogP) is 4.44. The second-order valence-corrected chi connectivity index (χ2v) is 6.78. The van der Waals surface area contributed by atoms with Crippen LogP contribution in [0.25, 0.3) is 5.69 Å². The number of hydrogen-bond acceptors (Lipinski definition) is 4. The van der Waals surface area contributed by atoms with Gasteiger partial charge in [-0.3, -0.25) is 4.79 Å². The summed E-state index contributed by atoms with van der Waals surface area (Å²) in [5.41, 5.74) is -0.611. The number of ether oxygens (including phenoxy) is 2. The van der Waals surface area contributed by atoms with Crippen molar-refractivity contribution in [3.8, 4) is 17.2 Å². The van der Waals surface area contributed by atoms with Gasteiger partial charge in [0, 0.05) is 13.6 Å². The average Bonchev–Trinajstić information content (AvgIpc) is 3.21. The van der Waals surface area contributed by atoms with Gasteiger partial charge in [-0.15, -0.1) is 0 Å². The molecule has 0 N–H and O–H groups in total. The third kappa shape index (κ3) is 5.56. The molecule has 9 heteroatoms. The lowest BCUT2D eigenvalue weighted by atomic mass is 10.2. The molecule has 0 fully saturated rings. The Kier molecular flexibility index (Phi) is 6.84. The highest BCUT2D eigenvalue weighted by Crippen LogP contribution is 2.31. The summed E-state index contributed by atoms with van der Waals surface area (Å²) >= 11 is 0. The van der Waals surface area contributed by atoms with Gasteiger partial charge in [-0.25, -0.2) is 4.68 Å². The van der Waals surface area contributed by atoms with Crippen molar-refractivity contribution >= 4 is 5.91 Å². The molecule has 0 spiro atoms. The zero-order valence-corrected chi connectivity index (χ0v) is 17.1. The molecule has 1 aromatic heterocycles. The highest BCUT2D eigenvalue weighted by atomic mass is 19.4. The van der Waals surface area contributed by atoms with Gasteiger partial charge in [0.25, 0.3) is 5.91 Å². The molecule has 0 aliphatic carbocycles. The first-order valence-electron chi connectivity index (χ1n) is 9.54. The van der Waals surface area contributed by atoms with Gasteiger partial charge in [-0.05, 0) is 36.8 Å². The van der Waals surface area contributed by atoms with Crippen LogP contribution in [-0.2, 0) is 6.18 Å². The number of nitrogens with zero attached hydrogens (tertiary/aromatic N) is 3. The number of carbonyl (C=O) groups excluding carboxylic acids is 1. The zero-order chi connectivity index (χ0) is 22.4. The highest BCUT2D eigenvalue weighted by Gasteiger charge is 2.31. The normalized spacial score (nSPS) is 11.3. The number of carbonyl (C=O) groups is 1. The summed E-state index contributed by atoms with van der Waals surface area (Å²) in [5.74, 6) is 0.523. The van der Waals surface area contributed by atoms with Crippen LogP contribution in [0.1, 0.15) is 22.5 Å². The molecule has 0 atom stereocenters. The number of halogens is 3. The summed E-state index contributed by atoms with van der Waals surface area (Å²) in [6.45, 7) is 0.836. The summed E-state index contributed by atoms with van der Waals surface area (Å²) in [7, 11) is 2.99. The first kappa shape index (κ1) is 22.2. The number of aromatic nitrogens is 2. The Morgan fingerprint density at radius 3 is 2.55 bits per heavy atom.